The normalized spacial score (nSPS) is 11.6. The highest BCUT2D eigenvalue weighted by atomic mass is 16.4. The number of aromatic carboxylic acids is 1. The maximum Gasteiger partial charge on any atom is 0.335 e. The van der Waals surface area contributed by atoms with Gasteiger partial charge in [0.1, 0.15) is 6.04 Å². The van der Waals surface area contributed by atoms with Crippen molar-refractivity contribution in [1.29, 1.82) is 0 Å². The lowest BCUT2D eigenvalue weighted by molar-refractivity contribution is -0.123. The monoisotopic (exact) mass is 390 g/mol. The van der Waals surface area contributed by atoms with Crippen LogP contribution in [0, 0.1) is 0 Å². The maximum absolute atomic E-state index is 12.9. The number of carboxylic acid groups (broad SMARTS) is 1. The van der Waals surface area contributed by atoms with Crippen LogP contribution in [-0.4, -0.2) is 33.5 Å². The quantitative estimate of drug-likeness (QED) is 0.518. The fourth-order valence-electron chi connectivity index (χ4n) is 2.88. The topological polar surface area (TPSA) is 104 Å². The molecule has 7 nitrogen and oxygen atoms in total. The summed E-state index contributed by atoms with van der Waals surface area (Å²) in [6.45, 7) is 0.943. The molecular formula is C22H22N4O3. The Bertz CT molecular complexity index is 931. The van der Waals surface area contributed by atoms with Crippen molar-refractivity contribution in [2.45, 2.75) is 19.0 Å². The number of carboxylic acids is 1. The van der Waals surface area contributed by atoms with E-state index in [1.54, 1.807) is 36.9 Å². The van der Waals surface area contributed by atoms with Gasteiger partial charge in [0.25, 0.3) is 0 Å². The summed E-state index contributed by atoms with van der Waals surface area (Å²) in [4.78, 5) is 32.0. The number of aromatic nitrogens is 2. The molecule has 7 heteroatoms. The Morgan fingerprint density at radius 1 is 0.931 bits per heavy atom. The zero-order valence-electron chi connectivity index (χ0n) is 15.8. The lowest BCUT2D eigenvalue weighted by atomic mass is 10.0. The van der Waals surface area contributed by atoms with Crippen LogP contribution in [0.5, 0.6) is 0 Å². The van der Waals surface area contributed by atoms with Crippen molar-refractivity contribution in [2.24, 2.45) is 0 Å². The van der Waals surface area contributed by atoms with Gasteiger partial charge in [0.05, 0.1) is 5.56 Å². The molecule has 0 bridgehead atoms. The lowest BCUT2D eigenvalue weighted by Crippen LogP contribution is -2.38. The molecular weight excluding hydrogens is 368 g/mol. The van der Waals surface area contributed by atoms with E-state index in [-0.39, 0.29) is 11.5 Å². The zero-order chi connectivity index (χ0) is 20.5. The van der Waals surface area contributed by atoms with E-state index in [1.807, 2.05) is 24.3 Å². The van der Waals surface area contributed by atoms with E-state index in [9.17, 15) is 9.59 Å². The molecule has 0 radical (unpaired) electrons. The van der Waals surface area contributed by atoms with E-state index >= 15 is 0 Å². The molecule has 3 rings (SSSR count). The standard InChI is InChI=1S/C22H22N4O3/c27-21(26-15-17-2-1-10-24-14-17)20(18-3-5-19(6-4-18)22(28)29)25-13-9-16-7-11-23-12-8-16/h1-8,10-12,14,20,25H,9,13,15H2,(H,26,27)(H,28,29). The second-order valence-corrected chi connectivity index (χ2v) is 6.50. The van der Waals surface area contributed by atoms with Gasteiger partial charge in [0, 0.05) is 37.9 Å². The van der Waals surface area contributed by atoms with Crippen LogP contribution in [0.1, 0.15) is 33.1 Å². The van der Waals surface area contributed by atoms with Crippen LogP contribution in [0.15, 0.2) is 73.3 Å². The van der Waals surface area contributed by atoms with Crippen LogP contribution in [0.3, 0.4) is 0 Å². The van der Waals surface area contributed by atoms with Crippen molar-refractivity contribution in [2.75, 3.05) is 6.54 Å². The van der Waals surface area contributed by atoms with Gasteiger partial charge in [-0.3, -0.25) is 14.8 Å². The highest BCUT2D eigenvalue weighted by Crippen LogP contribution is 2.15. The van der Waals surface area contributed by atoms with E-state index < -0.39 is 12.0 Å². The van der Waals surface area contributed by atoms with Gasteiger partial charge in [-0.1, -0.05) is 18.2 Å². The van der Waals surface area contributed by atoms with Crippen molar-refractivity contribution in [1.82, 2.24) is 20.6 Å². The molecule has 29 heavy (non-hydrogen) atoms. The van der Waals surface area contributed by atoms with Crippen LogP contribution in [0.2, 0.25) is 0 Å². The van der Waals surface area contributed by atoms with Crippen LogP contribution < -0.4 is 10.6 Å². The second-order valence-electron chi connectivity index (χ2n) is 6.50. The number of amides is 1. The Labute approximate surface area is 168 Å². The fraction of sp³-hybridized carbons (Fsp3) is 0.182. The molecule has 1 atom stereocenters. The number of carbonyl (C=O) groups is 2. The third-order valence-electron chi connectivity index (χ3n) is 4.45. The summed E-state index contributed by atoms with van der Waals surface area (Å²) in [6.07, 6.45) is 7.59. The molecule has 3 aromatic rings. The predicted octanol–water partition coefficient (Wildman–Crippen LogP) is 2.36. The Balaban J connectivity index is 1.69. The maximum atomic E-state index is 12.9. The van der Waals surface area contributed by atoms with Crippen LogP contribution in [0.25, 0.3) is 0 Å². The second kappa shape index (κ2) is 10.1. The summed E-state index contributed by atoms with van der Waals surface area (Å²) in [5.74, 6) is -1.19. The van der Waals surface area contributed by atoms with Gasteiger partial charge in [0.15, 0.2) is 0 Å². The number of nitrogens with zero attached hydrogens (tertiary/aromatic N) is 2. The van der Waals surface area contributed by atoms with Crippen molar-refractivity contribution in [3.05, 3.63) is 95.6 Å². The van der Waals surface area contributed by atoms with Crippen molar-refractivity contribution < 1.29 is 14.7 Å². The average Bonchev–Trinajstić information content (AvgIpc) is 2.76. The van der Waals surface area contributed by atoms with Crippen LogP contribution in [0.4, 0.5) is 0 Å². The van der Waals surface area contributed by atoms with Gasteiger partial charge in [-0.05, 0) is 53.4 Å². The van der Waals surface area contributed by atoms with Crippen LogP contribution in [-0.2, 0) is 17.8 Å². The minimum absolute atomic E-state index is 0.181. The van der Waals surface area contributed by atoms with Crippen molar-refractivity contribution in [3.63, 3.8) is 0 Å². The van der Waals surface area contributed by atoms with Crippen LogP contribution >= 0.6 is 0 Å². The fourth-order valence-corrected chi connectivity index (χ4v) is 2.88. The zero-order valence-corrected chi connectivity index (χ0v) is 15.8. The summed E-state index contributed by atoms with van der Waals surface area (Å²) in [7, 11) is 0. The van der Waals surface area contributed by atoms with E-state index in [1.165, 1.54) is 12.1 Å². The molecule has 0 aliphatic heterocycles. The third kappa shape index (κ3) is 5.95. The molecule has 0 aliphatic rings. The lowest BCUT2D eigenvalue weighted by Gasteiger charge is -2.19. The number of hydrogen-bond donors (Lipinski definition) is 3. The van der Waals surface area contributed by atoms with Gasteiger partial charge in [0.2, 0.25) is 5.91 Å². The van der Waals surface area contributed by atoms with Crippen molar-refractivity contribution >= 4 is 11.9 Å². The number of nitrogens with one attached hydrogen (secondary N) is 2. The molecule has 2 aromatic heterocycles. The van der Waals surface area contributed by atoms with E-state index in [2.05, 4.69) is 20.6 Å². The first kappa shape index (κ1) is 20.2. The SMILES string of the molecule is O=C(O)c1ccc(C(NCCc2ccncc2)C(=O)NCc2cccnc2)cc1. The van der Waals surface area contributed by atoms with Gasteiger partial charge in [-0.2, -0.15) is 0 Å². The first-order valence-electron chi connectivity index (χ1n) is 9.25. The summed E-state index contributed by atoms with van der Waals surface area (Å²) in [6, 6.07) is 13.3. The number of carbonyl (C=O) groups excluding carboxylic acids is 1. The molecule has 148 valence electrons. The first-order chi connectivity index (χ1) is 14.1. The highest BCUT2D eigenvalue weighted by molar-refractivity contribution is 5.88. The molecule has 0 fully saturated rings. The molecule has 1 amide bonds. The van der Waals surface area contributed by atoms with Gasteiger partial charge < -0.3 is 15.7 Å². The molecule has 3 N–H and O–H groups in total. The predicted molar refractivity (Wildman–Crippen MR) is 108 cm³/mol. The number of pyridine rings is 2. The Morgan fingerprint density at radius 2 is 1.69 bits per heavy atom. The summed E-state index contributed by atoms with van der Waals surface area (Å²) in [5.41, 5.74) is 2.90. The largest absolute Gasteiger partial charge is 0.478 e. The number of rotatable bonds is 9. The third-order valence-corrected chi connectivity index (χ3v) is 4.45. The van der Waals surface area contributed by atoms with Gasteiger partial charge >= 0.3 is 5.97 Å². The van der Waals surface area contributed by atoms with E-state index in [4.69, 9.17) is 5.11 Å². The van der Waals surface area contributed by atoms with Gasteiger partial charge in [-0.15, -0.1) is 0 Å². The average molecular weight is 390 g/mol. The summed E-state index contributed by atoms with van der Waals surface area (Å²) in [5, 5.41) is 15.3. The molecule has 1 unspecified atom stereocenters. The Kier molecular flexibility index (Phi) is 7.02. The molecule has 1 aromatic carbocycles. The van der Waals surface area contributed by atoms with Crippen molar-refractivity contribution in [3.8, 4) is 0 Å². The molecule has 2 heterocycles. The molecule has 0 spiro atoms. The summed E-state index contributed by atoms with van der Waals surface area (Å²) < 4.78 is 0. The van der Waals surface area contributed by atoms with E-state index in [0.717, 1.165) is 17.5 Å². The Hall–Kier alpha value is -3.58. The smallest absolute Gasteiger partial charge is 0.335 e. The summed E-state index contributed by atoms with van der Waals surface area (Å²) >= 11 is 0. The minimum Gasteiger partial charge on any atom is -0.478 e. The molecule has 0 aliphatic carbocycles. The molecule has 0 saturated heterocycles. The Morgan fingerprint density at radius 3 is 2.34 bits per heavy atom. The van der Waals surface area contributed by atoms with Gasteiger partial charge in [-0.25, -0.2) is 4.79 Å². The number of benzene rings is 1. The highest BCUT2D eigenvalue weighted by Gasteiger charge is 2.20. The minimum atomic E-state index is -1.00. The molecule has 0 saturated carbocycles. The first-order valence-corrected chi connectivity index (χ1v) is 9.25. The number of hydrogen-bond acceptors (Lipinski definition) is 5. The van der Waals surface area contributed by atoms with E-state index in [0.29, 0.717) is 18.7 Å².